The summed E-state index contributed by atoms with van der Waals surface area (Å²) in [6.45, 7) is 4.01. The van der Waals surface area contributed by atoms with E-state index in [1.165, 1.54) is 11.8 Å². The molecular weight excluding hydrogens is 402 g/mol. The molecule has 1 unspecified atom stereocenters. The van der Waals surface area contributed by atoms with Crippen LogP contribution >= 0.6 is 11.8 Å². The Hall–Kier alpha value is -2.84. The molecule has 0 saturated carbocycles. The summed E-state index contributed by atoms with van der Waals surface area (Å²) in [5.74, 6) is -0.506. The monoisotopic (exact) mass is 425 g/mol. The molecule has 0 spiro atoms. The maximum Gasteiger partial charge on any atom is 0.254 e. The quantitative estimate of drug-likeness (QED) is 0.787. The Morgan fingerprint density at radius 2 is 1.93 bits per heavy atom. The van der Waals surface area contributed by atoms with Crippen LogP contribution in [0.15, 0.2) is 47.4 Å². The van der Waals surface area contributed by atoms with E-state index in [4.69, 9.17) is 4.74 Å². The number of amides is 3. The normalized spacial score (nSPS) is 18.4. The van der Waals surface area contributed by atoms with Gasteiger partial charge in [0.25, 0.3) is 5.91 Å². The van der Waals surface area contributed by atoms with Crippen molar-refractivity contribution in [1.82, 2.24) is 4.90 Å². The summed E-state index contributed by atoms with van der Waals surface area (Å²) < 4.78 is 5.31. The molecule has 8 heteroatoms. The SMILES string of the molecule is Cc1c(NC(=O)CC2Sc3ccccc3NC2=O)cccc1C(=O)N1CCOCC1. The second kappa shape index (κ2) is 8.89. The molecule has 1 fully saturated rings. The van der Waals surface area contributed by atoms with E-state index in [0.717, 1.165) is 10.6 Å². The Morgan fingerprint density at radius 3 is 2.73 bits per heavy atom. The molecule has 0 bridgehead atoms. The Morgan fingerprint density at radius 1 is 1.17 bits per heavy atom. The number of nitrogens with zero attached hydrogens (tertiary/aromatic N) is 1. The number of carbonyl (C=O) groups is 3. The number of thioether (sulfide) groups is 1. The van der Waals surface area contributed by atoms with E-state index in [2.05, 4.69) is 10.6 Å². The number of ether oxygens (including phenoxy) is 1. The van der Waals surface area contributed by atoms with E-state index in [0.29, 0.717) is 43.1 Å². The lowest BCUT2D eigenvalue weighted by Gasteiger charge is -2.27. The third kappa shape index (κ3) is 4.34. The zero-order valence-corrected chi connectivity index (χ0v) is 17.5. The van der Waals surface area contributed by atoms with Crippen molar-refractivity contribution in [2.45, 2.75) is 23.5 Å². The molecule has 30 heavy (non-hydrogen) atoms. The van der Waals surface area contributed by atoms with Crippen molar-refractivity contribution in [2.75, 3.05) is 36.9 Å². The number of anilines is 2. The van der Waals surface area contributed by atoms with Crippen molar-refractivity contribution < 1.29 is 19.1 Å². The second-order valence-corrected chi connectivity index (χ2v) is 8.47. The van der Waals surface area contributed by atoms with E-state index in [-0.39, 0.29) is 24.1 Å². The fourth-order valence-corrected chi connectivity index (χ4v) is 4.65. The molecule has 0 radical (unpaired) electrons. The van der Waals surface area contributed by atoms with Gasteiger partial charge in [-0.05, 0) is 36.8 Å². The molecule has 1 saturated heterocycles. The molecule has 2 aliphatic heterocycles. The first-order chi connectivity index (χ1) is 14.5. The highest BCUT2D eigenvalue weighted by Crippen LogP contribution is 2.36. The predicted molar refractivity (Wildman–Crippen MR) is 116 cm³/mol. The van der Waals surface area contributed by atoms with Crippen LogP contribution in [0.25, 0.3) is 0 Å². The van der Waals surface area contributed by atoms with E-state index in [9.17, 15) is 14.4 Å². The second-order valence-electron chi connectivity index (χ2n) is 7.23. The molecule has 7 nitrogen and oxygen atoms in total. The number of morpholine rings is 1. The average Bonchev–Trinajstić information content (AvgIpc) is 2.76. The summed E-state index contributed by atoms with van der Waals surface area (Å²) in [5, 5.41) is 5.22. The van der Waals surface area contributed by atoms with Crippen LogP contribution in [0.1, 0.15) is 22.3 Å². The van der Waals surface area contributed by atoms with Gasteiger partial charge in [0, 0.05) is 35.7 Å². The minimum absolute atomic E-state index is 0.0475. The van der Waals surface area contributed by atoms with Gasteiger partial charge in [-0.3, -0.25) is 14.4 Å². The molecule has 4 rings (SSSR count). The van der Waals surface area contributed by atoms with E-state index in [1.54, 1.807) is 23.1 Å². The summed E-state index contributed by atoms with van der Waals surface area (Å²) >= 11 is 1.39. The predicted octanol–water partition coefficient (Wildman–Crippen LogP) is 2.91. The molecule has 1 atom stereocenters. The lowest BCUT2D eigenvalue weighted by molar-refractivity contribution is -0.120. The van der Waals surface area contributed by atoms with Crippen molar-refractivity contribution in [3.05, 3.63) is 53.6 Å². The highest BCUT2D eigenvalue weighted by atomic mass is 32.2. The number of rotatable bonds is 4. The minimum atomic E-state index is -0.502. The van der Waals surface area contributed by atoms with Gasteiger partial charge in [-0.25, -0.2) is 0 Å². The molecule has 2 heterocycles. The van der Waals surface area contributed by atoms with Gasteiger partial charge >= 0.3 is 0 Å². The lowest BCUT2D eigenvalue weighted by Crippen LogP contribution is -2.41. The van der Waals surface area contributed by atoms with Crippen molar-refractivity contribution >= 4 is 40.9 Å². The summed E-state index contributed by atoms with van der Waals surface area (Å²) in [6, 6.07) is 12.8. The molecule has 0 aliphatic carbocycles. The fraction of sp³-hybridized carbons (Fsp3) is 0.318. The number of fused-ring (bicyclic) bond motifs is 1. The van der Waals surface area contributed by atoms with Gasteiger partial charge in [0.1, 0.15) is 0 Å². The van der Waals surface area contributed by atoms with Crippen LogP contribution in [0.3, 0.4) is 0 Å². The minimum Gasteiger partial charge on any atom is -0.378 e. The fourth-order valence-electron chi connectivity index (χ4n) is 3.54. The topological polar surface area (TPSA) is 87.7 Å². The van der Waals surface area contributed by atoms with Crippen LogP contribution < -0.4 is 10.6 Å². The van der Waals surface area contributed by atoms with Crippen LogP contribution in [0.5, 0.6) is 0 Å². The van der Waals surface area contributed by atoms with Crippen molar-refractivity contribution in [3.8, 4) is 0 Å². The first kappa shape index (κ1) is 20.4. The third-order valence-electron chi connectivity index (χ3n) is 5.21. The molecule has 3 amide bonds. The number of nitrogens with one attached hydrogen (secondary N) is 2. The van der Waals surface area contributed by atoms with Crippen molar-refractivity contribution in [1.29, 1.82) is 0 Å². The lowest BCUT2D eigenvalue weighted by atomic mass is 10.0. The maximum absolute atomic E-state index is 12.8. The Kier molecular flexibility index (Phi) is 6.06. The summed E-state index contributed by atoms with van der Waals surface area (Å²) in [5.41, 5.74) is 2.64. The summed E-state index contributed by atoms with van der Waals surface area (Å²) in [4.78, 5) is 40.6. The van der Waals surface area contributed by atoms with Gasteiger partial charge in [0.15, 0.2) is 0 Å². The Balaban J connectivity index is 1.43. The third-order valence-corrected chi connectivity index (χ3v) is 6.49. The first-order valence-electron chi connectivity index (χ1n) is 9.86. The van der Waals surface area contributed by atoms with Crippen molar-refractivity contribution in [2.24, 2.45) is 0 Å². The Labute approximate surface area is 179 Å². The van der Waals surface area contributed by atoms with E-state index >= 15 is 0 Å². The number of para-hydroxylation sites is 1. The molecule has 2 aromatic rings. The summed E-state index contributed by atoms with van der Waals surface area (Å²) in [7, 11) is 0. The standard InChI is InChI=1S/C22H23N3O4S/c1-14-15(22(28)25-9-11-29-12-10-25)5-4-7-16(14)23-20(26)13-19-21(27)24-17-6-2-3-8-18(17)30-19/h2-8,19H,9-13H2,1H3,(H,23,26)(H,24,27). The van der Waals surface area contributed by atoms with Gasteiger partial charge in [0.2, 0.25) is 11.8 Å². The van der Waals surface area contributed by atoms with Gasteiger partial charge in [0.05, 0.1) is 24.2 Å². The van der Waals surface area contributed by atoms with E-state index < -0.39 is 5.25 Å². The van der Waals surface area contributed by atoms with Gasteiger partial charge in [-0.1, -0.05) is 18.2 Å². The number of hydrogen-bond donors (Lipinski definition) is 2. The van der Waals surface area contributed by atoms with Gasteiger partial charge in [-0.2, -0.15) is 0 Å². The molecule has 0 aromatic heterocycles. The van der Waals surface area contributed by atoms with Crippen LogP contribution in [0.2, 0.25) is 0 Å². The highest BCUT2D eigenvalue weighted by molar-refractivity contribution is 8.01. The van der Waals surface area contributed by atoms with Gasteiger partial charge in [-0.15, -0.1) is 11.8 Å². The Bertz CT molecular complexity index is 988. The number of hydrogen-bond acceptors (Lipinski definition) is 5. The molecule has 2 N–H and O–H groups in total. The van der Waals surface area contributed by atoms with Crippen LogP contribution in [-0.4, -0.2) is 54.2 Å². The molecule has 156 valence electrons. The van der Waals surface area contributed by atoms with E-state index in [1.807, 2.05) is 31.2 Å². The smallest absolute Gasteiger partial charge is 0.254 e. The molecule has 2 aliphatic rings. The zero-order valence-electron chi connectivity index (χ0n) is 16.6. The highest BCUT2D eigenvalue weighted by Gasteiger charge is 2.29. The molecule has 2 aromatic carbocycles. The van der Waals surface area contributed by atoms with Gasteiger partial charge < -0.3 is 20.3 Å². The maximum atomic E-state index is 12.8. The summed E-state index contributed by atoms with van der Waals surface area (Å²) in [6.07, 6.45) is 0.0475. The van der Waals surface area contributed by atoms with Crippen LogP contribution in [0.4, 0.5) is 11.4 Å². The van der Waals surface area contributed by atoms with Crippen LogP contribution in [-0.2, 0) is 14.3 Å². The van der Waals surface area contributed by atoms with Crippen LogP contribution in [0, 0.1) is 6.92 Å². The number of benzene rings is 2. The average molecular weight is 426 g/mol. The van der Waals surface area contributed by atoms with Crippen molar-refractivity contribution in [3.63, 3.8) is 0 Å². The molecular formula is C22H23N3O4S. The zero-order chi connectivity index (χ0) is 21.1. The first-order valence-corrected chi connectivity index (χ1v) is 10.7. The largest absolute Gasteiger partial charge is 0.378 e. The number of carbonyl (C=O) groups excluding carboxylic acids is 3.